The molecule has 0 aliphatic carbocycles. The fourth-order valence-corrected chi connectivity index (χ4v) is 1.88. The zero-order chi connectivity index (χ0) is 12.5. The van der Waals surface area contributed by atoms with Crippen molar-refractivity contribution < 1.29 is 19.4 Å². The Kier molecular flexibility index (Phi) is 6.62. The number of carboxylic acid groups (broad SMARTS) is 1. The minimum atomic E-state index is -0.783. The summed E-state index contributed by atoms with van der Waals surface area (Å²) < 4.78 is 5.43. The molecule has 0 aromatic carbocycles. The van der Waals surface area contributed by atoms with E-state index in [0.717, 1.165) is 32.3 Å². The summed E-state index contributed by atoms with van der Waals surface area (Å²) in [5.74, 6) is -0.745. The average molecular weight is 243 g/mol. The molecular formula is C12H21NO4. The second-order valence-corrected chi connectivity index (χ2v) is 4.37. The molecule has 1 aliphatic rings. The molecule has 1 saturated heterocycles. The lowest BCUT2D eigenvalue weighted by molar-refractivity contribution is -0.137. The van der Waals surface area contributed by atoms with Crippen molar-refractivity contribution in [3.63, 3.8) is 0 Å². The number of nitrogens with one attached hydrogen (secondary N) is 1. The first-order valence-corrected chi connectivity index (χ1v) is 6.28. The van der Waals surface area contributed by atoms with Gasteiger partial charge in [-0.3, -0.25) is 9.59 Å². The zero-order valence-electron chi connectivity index (χ0n) is 10.1. The molecule has 1 unspecified atom stereocenters. The standard InChI is InChI=1S/C12H21NO4/c14-11(7-6-10-4-3-9-17-10)13-8-2-1-5-12(15)16/h10H,1-9H2,(H,13,14)(H,15,16). The van der Waals surface area contributed by atoms with Crippen LogP contribution in [0.15, 0.2) is 0 Å². The molecular weight excluding hydrogens is 222 g/mol. The Balaban J connectivity index is 1.92. The Morgan fingerprint density at radius 3 is 2.76 bits per heavy atom. The third-order valence-corrected chi connectivity index (χ3v) is 2.86. The van der Waals surface area contributed by atoms with Crippen molar-refractivity contribution in [1.82, 2.24) is 5.32 Å². The van der Waals surface area contributed by atoms with E-state index in [4.69, 9.17) is 9.84 Å². The van der Waals surface area contributed by atoms with Gasteiger partial charge in [0, 0.05) is 26.0 Å². The Morgan fingerprint density at radius 1 is 1.29 bits per heavy atom. The van der Waals surface area contributed by atoms with Gasteiger partial charge in [0.05, 0.1) is 6.10 Å². The van der Waals surface area contributed by atoms with Gasteiger partial charge in [0.2, 0.25) is 5.91 Å². The number of hydrogen-bond donors (Lipinski definition) is 2. The quantitative estimate of drug-likeness (QED) is 0.630. The molecule has 0 spiro atoms. The Hall–Kier alpha value is -1.10. The highest BCUT2D eigenvalue weighted by Crippen LogP contribution is 2.16. The van der Waals surface area contributed by atoms with Gasteiger partial charge in [-0.1, -0.05) is 0 Å². The lowest BCUT2D eigenvalue weighted by Gasteiger charge is -2.09. The van der Waals surface area contributed by atoms with E-state index in [2.05, 4.69) is 5.32 Å². The van der Waals surface area contributed by atoms with Crippen LogP contribution in [0.4, 0.5) is 0 Å². The van der Waals surface area contributed by atoms with Crippen LogP contribution in [0.3, 0.4) is 0 Å². The number of carbonyl (C=O) groups is 2. The Labute approximate surface area is 102 Å². The topological polar surface area (TPSA) is 75.6 Å². The molecule has 1 rings (SSSR count). The van der Waals surface area contributed by atoms with Crippen LogP contribution in [0.2, 0.25) is 0 Å². The van der Waals surface area contributed by atoms with Crippen LogP contribution in [-0.4, -0.2) is 36.2 Å². The minimum Gasteiger partial charge on any atom is -0.481 e. The largest absolute Gasteiger partial charge is 0.481 e. The van der Waals surface area contributed by atoms with Crippen molar-refractivity contribution in [1.29, 1.82) is 0 Å². The lowest BCUT2D eigenvalue weighted by atomic mass is 10.1. The van der Waals surface area contributed by atoms with E-state index in [1.807, 2.05) is 0 Å². The molecule has 0 bridgehead atoms. The first kappa shape index (κ1) is 14.0. The predicted molar refractivity (Wildman–Crippen MR) is 62.7 cm³/mol. The van der Waals surface area contributed by atoms with Gasteiger partial charge in [-0.05, 0) is 32.1 Å². The molecule has 0 aromatic heterocycles. The molecule has 1 heterocycles. The molecule has 0 saturated carbocycles. The van der Waals surface area contributed by atoms with Gasteiger partial charge >= 0.3 is 5.97 Å². The number of aliphatic carboxylic acids is 1. The summed E-state index contributed by atoms with van der Waals surface area (Å²) in [5.41, 5.74) is 0. The summed E-state index contributed by atoms with van der Waals surface area (Å²) in [6.07, 6.45) is 5.22. The Bertz CT molecular complexity index is 249. The van der Waals surface area contributed by atoms with E-state index >= 15 is 0 Å². The van der Waals surface area contributed by atoms with Crippen LogP contribution in [-0.2, 0) is 14.3 Å². The lowest BCUT2D eigenvalue weighted by Crippen LogP contribution is -2.25. The van der Waals surface area contributed by atoms with Gasteiger partial charge < -0.3 is 15.2 Å². The molecule has 1 fully saturated rings. The van der Waals surface area contributed by atoms with E-state index in [9.17, 15) is 9.59 Å². The first-order chi connectivity index (χ1) is 8.18. The van der Waals surface area contributed by atoms with E-state index in [-0.39, 0.29) is 18.4 Å². The zero-order valence-corrected chi connectivity index (χ0v) is 10.1. The van der Waals surface area contributed by atoms with E-state index in [1.54, 1.807) is 0 Å². The van der Waals surface area contributed by atoms with Gasteiger partial charge in [0.15, 0.2) is 0 Å². The number of rotatable bonds is 8. The number of ether oxygens (including phenoxy) is 1. The molecule has 5 nitrogen and oxygen atoms in total. The van der Waals surface area contributed by atoms with Crippen LogP contribution in [0.25, 0.3) is 0 Å². The summed E-state index contributed by atoms with van der Waals surface area (Å²) in [6.45, 7) is 1.39. The molecule has 98 valence electrons. The molecule has 1 amide bonds. The Morgan fingerprint density at radius 2 is 2.12 bits per heavy atom. The van der Waals surface area contributed by atoms with E-state index in [1.165, 1.54) is 0 Å². The highest BCUT2D eigenvalue weighted by Gasteiger charge is 2.16. The normalized spacial score (nSPS) is 19.2. The first-order valence-electron chi connectivity index (χ1n) is 6.28. The maximum absolute atomic E-state index is 11.4. The van der Waals surface area contributed by atoms with Crippen molar-refractivity contribution >= 4 is 11.9 Å². The molecule has 0 aromatic rings. The maximum atomic E-state index is 11.4. The second-order valence-electron chi connectivity index (χ2n) is 4.37. The maximum Gasteiger partial charge on any atom is 0.303 e. The van der Waals surface area contributed by atoms with Crippen LogP contribution in [0, 0.1) is 0 Å². The summed E-state index contributed by atoms with van der Waals surface area (Å²) >= 11 is 0. The van der Waals surface area contributed by atoms with Crippen LogP contribution < -0.4 is 5.32 Å². The molecule has 0 radical (unpaired) electrons. The predicted octanol–water partition coefficient (Wildman–Crippen LogP) is 1.32. The van der Waals surface area contributed by atoms with Crippen molar-refractivity contribution in [2.24, 2.45) is 0 Å². The van der Waals surface area contributed by atoms with Gasteiger partial charge in [0.25, 0.3) is 0 Å². The van der Waals surface area contributed by atoms with E-state index in [0.29, 0.717) is 19.4 Å². The van der Waals surface area contributed by atoms with Gasteiger partial charge in [-0.2, -0.15) is 0 Å². The van der Waals surface area contributed by atoms with Crippen molar-refractivity contribution in [3.8, 4) is 0 Å². The fraction of sp³-hybridized carbons (Fsp3) is 0.833. The summed E-state index contributed by atoms with van der Waals surface area (Å²) in [7, 11) is 0. The third-order valence-electron chi connectivity index (χ3n) is 2.86. The summed E-state index contributed by atoms with van der Waals surface area (Å²) in [4.78, 5) is 21.7. The number of carboxylic acids is 1. The monoisotopic (exact) mass is 243 g/mol. The number of carbonyl (C=O) groups excluding carboxylic acids is 1. The van der Waals surface area contributed by atoms with Crippen molar-refractivity contribution in [3.05, 3.63) is 0 Å². The smallest absolute Gasteiger partial charge is 0.303 e. The van der Waals surface area contributed by atoms with Gasteiger partial charge in [-0.25, -0.2) is 0 Å². The second kappa shape index (κ2) is 8.06. The highest BCUT2D eigenvalue weighted by molar-refractivity contribution is 5.75. The fourth-order valence-electron chi connectivity index (χ4n) is 1.88. The number of hydrogen-bond acceptors (Lipinski definition) is 3. The third kappa shape index (κ3) is 6.94. The highest BCUT2D eigenvalue weighted by atomic mass is 16.5. The minimum absolute atomic E-state index is 0.0378. The van der Waals surface area contributed by atoms with Crippen LogP contribution >= 0.6 is 0 Å². The van der Waals surface area contributed by atoms with Gasteiger partial charge in [-0.15, -0.1) is 0 Å². The number of amides is 1. The average Bonchev–Trinajstić information content (AvgIpc) is 2.78. The van der Waals surface area contributed by atoms with Crippen molar-refractivity contribution in [2.45, 2.75) is 51.0 Å². The molecule has 2 N–H and O–H groups in total. The molecule has 17 heavy (non-hydrogen) atoms. The number of unbranched alkanes of at least 4 members (excludes halogenated alkanes) is 1. The summed E-state index contributed by atoms with van der Waals surface area (Å²) in [6, 6.07) is 0. The molecule has 1 atom stereocenters. The van der Waals surface area contributed by atoms with Crippen LogP contribution in [0.5, 0.6) is 0 Å². The SMILES string of the molecule is O=C(O)CCCCNC(=O)CCC1CCCO1. The van der Waals surface area contributed by atoms with Crippen molar-refractivity contribution in [2.75, 3.05) is 13.2 Å². The molecule has 1 aliphatic heterocycles. The van der Waals surface area contributed by atoms with Gasteiger partial charge in [0.1, 0.15) is 0 Å². The molecule has 5 heteroatoms. The summed E-state index contributed by atoms with van der Waals surface area (Å²) in [5, 5.41) is 11.2. The van der Waals surface area contributed by atoms with Crippen LogP contribution in [0.1, 0.15) is 44.9 Å². The van der Waals surface area contributed by atoms with E-state index < -0.39 is 5.97 Å².